The molecule has 2 aromatic rings. The van der Waals surface area contributed by atoms with E-state index in [1.807, 2.05) is 53.4 Å². The normalized spacial score (nSPS) is 13.8. The standard InChI is InChI=1S/C20H23N3O2S/c1-25-18-7-5-6-17(14-18)22-20(26)21-16-10-8-15(9-11-16)19(24)23-12-3-2-4-13-23/h5-11,14H,2-4,12-13H2,1H3,(H2,21,22,26). The SMILES string of the molecule is COc1cccc(NC(=S)Nc2ccc(C(=O)N3CCCCC3)cc2)c1. The number of ether oxygens (including phenoxy) is 1. The number of hydrogen-bond acceptors (Lipinski definition) is 3. The van der Waals surface area contributed by atoms with Crippen LogP contribution in [-0.4, -0.2) is 36.1 Å². The number of nitrogens with zero attached hydrogens (tertiary/aromatic N) is 1. The lowest BCUT2D eigenvalue weighted by Crippen LogP contribution is -2.35. The van der Waals surface area contributed by atoms with Crippen molar-refractivity contribution in [2.75, 3.05) is 30.8 Å². The second-order valence-electron chi connectivity index (χ2n) is 6.24. The van der Waals surface area contributed by atoms with E-state index in [2.05, 4.69) is 10.6 Å². The molecule has 1 heterocycles. The summed E-state index contributed by atoms with van der Waals surface area (Å²) in [7, 11) is 1.63. The van der Waals surface area contributed by atoms with E-state index in [0.717, 1.165) is 43.1 Å². The zero-order chi connectivity index (χ0) is 18.4. The molecule has 0 saturated carbocycles. The maximum atomic E-state index is 12.5. The molecule has 3 rings (SSSR count). The number of benzene rings is 2. The molecule has 2 N–H and O–H groups in total. The number of carbonyl (C=O) groups excluding carboxylic acids is 1. The smallest absolute Gasteiger partial charge is 0.253 e. The average Bonchev–Trinajstić information content (AvgIpc) is 2.69. The van der Waals surface area contributed by atoms with Crippen molar-refractivity contribution < 1.29 is 9.53 Å². The van der Waals surface area contributed by atoms with Crippen LogP contribution in [0.5, 0.6) is 5.75 Å². The molecular formula is C20H23N3O2S. The lowest BCUT2D eigenvalue weighted by atomic mass is 10.1. The van der Waals surface area contributed by atoms with Gasteiger partial charge in [-0.3, -0.25) is 4.79 Å². The summed E-state index contributed by atoms with van der Waals surface area (Å²) in [6, 6.07) is 15.0. The molecule has 1 amide bonds. The largest absolute Gasteiger partial charge is 0.497 e. The number of thiocarbonyl (C=S) groups is 1. The summed E-state index contributed by atoms with van der Waals surface area (Å²) in [5, 5.41) is 6.73. The van der Waals surface area contributed by atoms with E-state index in [1.54, 1.807) is 7.11 Å². The van der Waals surface area contributed by atoms with Crippen LogP contribution in [0.2, 0.25) is 0 Å². The number of hydrogen-bond donors (Lipinski definition) is 2. The predicted octanol–water partition coefficient (Wildman–Crippen LogP) is 4.13. The first-order chi connectivity index (χ1) is 12.7. The maximum Gasteiger partial charge on any atom is 0.253 e. The first-order valence-electron chi connectivity index (χ1n) is 8.77. The Kier molecular flexibility index (Phi) is 6.07. The first-order valence-corrected chi connectivity index (χ1v) is 9.18. The highest BCUT2D eigenvalue weighted by Gasteiger charge is 2.17. The van der Waals surface area contributed by atoms with Crippen LogP contribution in [0, 0.1) is 0 Å². The molecule has 0 atom stereocenters. The second kappa shape index (κ2) is 8.67. The van der Waals surface area contributed by atoms with E-state index >= 15 is 0 Å². The summed E-state index contributed by atoms with van der Waals surface area (Å²) >= 11 is 5.35. The van der Waals surface area contributed by atoms with Gasteiger partial charge < -0.3 is 20.3 Å². The zero-order valence-electron chi connectivity index (χ0n) is 14.8. The minimum atomic E-state index is 0.105. The molecule has 0 unspecified atom stereocenters. The van der Waals surface area contributed by atoms with Gasteiger partial charge in [-0.05, 0) is 67.9 Å². The lowest BCUT2D eigenvalue weighted by molar-refractivity contribution is 0.0724. The van der Waals surface area contributed by atoms with Crippen molar-refractivity contribution in [1.82, 2.24) is 4.90 Å². The molecule has 1 aliphatic rings. The Morgan fingerprint density at radius 1 is 1.00 bits per heavy atom. The van der Waals surface area contributed by atoms with Crippen LogP contribution in [-0.2, 0) is 0 Å². The molecule has 2 aromatic carbocycles. The molecule has 1 saturated heterocycles. The fraction of sp³-hybridized carbons (Fsp3) is 0.300. The summed E-state index contributed by atoms with van der Waals surface area (Å²) in [5.41, 5.74) is 2.39. The van der Waals surface area contributed by atoms with Gasteiger partial charge in [0.2, 0.25) is 0 Å². The van der Waals surface area contributed by atoms with Crippen LogP contribution < -0.4 is 15.4 Å². The van der Waals surface area contributed by atoms with E-state index in [9.17, 15) is 4.79 Å². The minimum absolute atomic E-state index is 0.105. The van der Waals surface area contributed by atoms with E-state index in [4.69, 9.17) is 17.0 Å². The number of anilines is 2. The summed E-state index contributed by atoms with van der Waals surface area (Å²) in [5.74, 6) is 0.867. The zero-order valence-corrected chi connectivity index (χ0v) is 15.6. The van der Waals surface area contributed by atoms with Gasteiger partial charge in [-0.25, -0.2) is 0 Å². The van der Waals surface area contributed by atoms with E-state index in [1.165, 1.54) is 6.42 Å². The Bertz CT molecular complexity index is 771. The Labute approximate surface area is 159 Å². The number of carbonyl (C=O) groups is 1. The maximum absolute atomic E-state index is 12.5. The molecule has 0 spiro atoms. The van der Waals surface area contributed by atoms with Crippen molar-refractivity contribution in [3.05, 3.63) is 54.1 Å². The fourth-order valence-corrected chi connectivity index (χ4v) is 3.21. The van der Waals surface area contributed by atoms with Crippen molar-refractivity contribution in [1.29, 1.82) is 0 Å². The number of amides is 1. The van der Waals surface area contributed by atoms with Gasteiger partial charge in [0.1, 0.15) is 5.75 Å². The Morgan fingerprint density at radius 2 is 1.69 bits per heavy atom. The van der Waals surface area contributed by atoms with Crippen LogP contribution in [0.15, 0.2) is 48.5 Å². The van der Waals surface area contributed by atoms with Crippen molar-refractivity contribution >= 4 is 34.6 Å². The van der Waals surface area contributed by atoms with Gasteiger partial charge in [-0.15, -0.1) is 0 Å². The molecule has 0 bridgehead atoms. The lowest BCUT2D eigenvalue weighted by Gasteiger charge is -2.26. The number of likely N-dealkylation sites (tertiary alicyclic amines) is 1. The quantitative estimate of drug-likeness (QED) is 0.794. The fourth-order valence-electron chi connectivity index (χ4n) is 2.97. The molecule has 0 radical (unpaired) electrons. The number of rotatable bonds is 4. The van der Waals surface area contributed by atoms with Gasteiger partial charge in [-0.2, -0.15) is 0 Å². The summed E-state index contributed by atoms with van der Waals surface area (Å²) in [6.45, 7) is 1.71. The van der Waals surface area contributed by atoms with Crippen molar-refractivity contribution in [2.24, 2.45) is 0 Å². The first kappa shape index (κ1) is 18.2. The Balaban J connectivity index is 1.58. The third-order valence-electron chi connectivity index (χ3n) is 4.36. The van der Waals surface area contributed by atoms with Gasteiger partial charge >= 0.3 is 0 Å². The van der Waals surface area contributed by atoms with Crippen LogP contribution >= 0.6 is 12.2 Å². The molecule has 0 aromatic heterocycles. The molecule has 6 heteroatoms. The van der Waals surface area contributed by atoms with Crippen LogP contribution in [0.1, 0.15) is 29.6 Å². The van der Waals surface area contributed by atoms with Gasteiger partial charge in [0.15, 0.2) is 5.11 Å². The summed E-state index contributed by atoms with van der Waals surface area (Å²) < 4.78 is 5.20. The molecule has 26 heavy (non-hydrogen) atoms. The minimum Gasteiger partial charge on any atom is -0.497 e. The molecule has 5 nitrogen and oxygen atoms in total. The highest BCUT2D eigenvalue weighted by atomic mass is 32.1. The van der Waals surface area contributed by atoms with Crippen LogP contribution in [0.4, 0.5) is 11.4 Å². The van der Waals surface area contributed by atoms with Gasteiger partial charge in [0, 0.05) is 36.1 Å². The molecule has 136 valence electrons. The van der Waals surface area contributed by atoms with Gasteiger partial charge in [0.05, 0.1) is 7.11 Å². The van der Waals surface area contributed by atoms with Crippen LogP contribution in [0.3, 0.4) is 0 Å². The third-order valence-corrected chi connectivity index (χ3v) is 4.56. The van der Waals surface area contributed by atoms with E-state index < -0.39 is 0 Å². The summed E-state index contributed by atoms with van der Waals surface area (Å²) in [6.07, 6.45) is 3.40. The molecule has 1 aliphatic heterocycles. The van der Waals surface area contributed by atoms with Gasteiger partial charge in [-0.1, -0.05) is 6.07 Å². The topological polar surface area (TPSA) is 53.6 Å². The molecule has 1 fully saturated rings. The third kappa shape index (κ3) is 4.73. The van der Waals surface area contributed by atoms with Crippen LogP contribution in [0.25, 0.3) is 0 Å². The van der Waals surface area contributed by atoms with E-state index in [0.29, 0.717) is 10.7 Å². The molecule has 0 aliphatic carbocycles. The van der Waals surface area contributed by atoms with E-state index in [-0.39, 0.29) is 5.91 Å². The number of nitrogens with one attached hydrogen (secondary N) is 2. The Hall–Kier alpha value is -2.60. The summed E-state index contributed by atoms with van der Waals surface area (Å²) in [4.78, 5) is 14.4. The number of piperidine rings is 1. The number of methoxy groups -OCH3 is 1. The molecular weight excluding hydrogens is 346 g/mol. The monoisotopic (exact) mass is 369 g/mol. The van der Waals surface area contributed by atoms with Gasteiger partial charge in [0.25, 0.3) is 5.91 Å². The van der Waals surface area contributed by atoms with Crippen molar-refractivity contribution in [2.45, 2.75) is 19.3 Å². The predicted molar refractivity (Wildman–Crippen MR) is 109 cm³/mol. The van der Waals surface area contributed by atoms with Crippen molar-refractivity contribution in [3.63, 3.8) is 0 Å². The second-order valence-corrected chi connectivity index (χ2v) is 6.65. The highest BCUT2D eigenvalue weighted by molar-refractivity contribution is 7.80. The average molecular weight is 369 g/mol. The van der Waals surface area contributed by atoms with Crippen molar-refractivity contribution in [3.8, 4) is 5.75 Å². The Morgan fingerprint density at radius 3 is 2.38 bits per heavy atom. The highest BCUT2D eigenvalue weighted by Crippen LogP contribution is 2.18.